The summed E-state index contributed by atoms with van der Waals surface area (Å²) in [6, 6.07) is 7.70. The number of halogens is 2. The van der Waals surface area contributed by atoms with Gasteiger partial charge in [0.05, 0.1) is 18.8 Å². The number of nitrogens with zero attached hydrogens (tertiary/aromatic N) is 3. The van der Waals surface area contributed by atoms with Crippen LogP contribution < -0.4 is 0 Å². The highest BCUT2D eigenvalue weighted by atomic mass is 35.5. The zero-order valence-electron chi connectivity index (χ0n) is 9.01. The third-order valence-corrected chi connectivity index (χ3v) is 2.86. The van der Waals surface area contributed by atoms with Gasteiger partial charge in [-0.3, -0.25) is 4.99 Å². The molecule has 2 aliphatic rings. The summed E-state index contributed by atoms with van der Waals surface area (Å²) in [5.74, 6) is 0.956. The highest BCUT2D eigenvalue weighted by Gasteiger charge is 2.18. The molecule has 3 rings (SSSR count). The van der Waals surface area contributed by atoms with Crippen molar-refractivity contribution < 1.29 is 0 Å². The molecular weight excluding hydrogens is 257 g/mol. The Balaban J connectivity index is 0.00000108. The summed E-state index contributed by atoms with van der Waals surface area (Å²) in [6.07, 6.45) is 3.99. The first-order valence-electron chi connectivity index (χ1n) is 5.17. The highest BCUT2D eigenvalue weighted by molar-refractivity contribution is 6.30. The van der Waals surface area contributed by atoms with E-state index in [9.17, 15) is 0 Å². The first-order valence-corrected chi connectivity index (χ1v) is 5.55. The quantitative estimate of drug-likeness (QED) is 0.769. The van der Waals surface area contributed by atoms with Crippen molar-refractivity contribution in [2.75, 3.05) is 13.1 Å². The van der Waals surface area contributed by atoms with E-state index in [4.69, 9.17) is 11.6 Å². The highest BCUT2D eigenvalue weighted by Crippen LogP contribution is 2.15. The summed E-state index contributed by atoms with van der Waals surface area (Å²) >= 11 is 5.85. The first-order chi connectivity index (χ1) is 7.83. The Hall–Kier alpha value is -1.32. The Bertz CT molecular complexity index is 503. The monoisotopic (exact) mass is 267 g/mol. The molecule has 1 aromatic rings. The van der Waals surface area contributed by atoms with Crippen molar-refractivity contribution in [2.45, 2.75) is 0 Å². The van der Waals surface area contributed by atoms with E-state index in [1.165, 1.54) is 0 Å². The van der Waals surface area contributed by atoms with E-state index in [-0.39, 0.29) is 12.4 Å². The van der Waals surface area contributed by atoms with Crippen molar-refractivity contribution in [3.8, 4) is 0 Å². The summed E-state index contributed by atoms with van der Waals surface area (Å²) in [5, 5.41) is 7.21. The SMILES string of the molecule is Cl.Clc1ccc(C2=NN3CCN=C3C=C2)cc1. The van der Waals surface area contributed by atoms with E-state index in [0.717, 1.165) is 35.2 Å². The minimum Gasteiger partial charge on any atom is -0.265 e. The van der Waals surface area contributed by atoms with E-state index >= 15 is 0 Å². The minimum absolute atomic E-state index is 0. The second kappa shape index (κ2) is 4.90. The van der Waals surface area contributed by atoms with Gasteiger partial charge in [0, 0.05) is 10.6 Å². The van der Waals surface area contributed by atoms with Gasteiger partial charge < -0.3 is 0 Å². The fourth-order valence-corrected chi connectivity index (χ4v) is 1.91. The largest absolute Gasteiger partial charge is 0.265 e. The van der Waals surface area contributed by atoms with Crippen molar-refractivity contribution in [1.82, 2.24) is 5.01 Å². The molecule has 1 aromatic carbocycles. The summed E-state index contributed by atoms with van der Waals surface area (Å²) in [6.45, 7) is 1.70. The summed E-state index contributed by atoms with van der Waals surface area (Å²) in [4.78, 5) is 4.33. The van der Waals surface area contributed by atoms with Gasteiger partial charge in [-0.25, -0.2) is 5.01 Å². The lowest BCUT2D eigenvalue weighted by Crippen LogP contribution is -2.25. The molecule has 0 atom stereocenters. The molecule has 2 heterocycles. The third kappa shape index (κ3) is 2.35. The smallest absolute Gasteiger partial charge is 0.144 e. The van der Waals surface area contributed by atoms with Gasteiger partial charge in [0.2, 0.25) is 0 Å². The average molecular weight is 268 g/mol. The third-order valence-electron chi connectivity index (χ3n) is 2.61. The van der Waals surface area contributed by atoms with Crippen LogP contribution in [0.2, 0.25) is 5.02 Å². The Morgan fingerprint density at radius 1 is 1.12 bits per heavy atom. The predicted molar refractivity (Wildman–Crippen MR) is 73.4 cm³/mol. The standard InChI is InChI=1S/C12H10ClN3.ClH/c13-10-3-1-9(2-4-10)11-5-6-12-14-7-8-16(12)15-11;/h1-6H,7-8H2;1H. The lowest BCUT2D eigenvalue weighted by Gasteiger charge is -2.17. The van der Waals surface area contributed by atoms with E-state index < -0.39 is 0 Å². The van der Waals surface area contributed by atoms with Crippen LogP contribution in [0.25, 0.3) is 0 Å². The van der Waals surface area contributed by atoms with Gasteiger partial charge in [0.1, 0.15) is 5.84 Å². The maximum atomic E-state index is 5.85. The van der Waals surface area contributed by atoms with E-state index in [0.29, 0.717) is 0 Å². The molecule has 2 aliphatic heterocycles. The van der Waals surface area contributed by atoms with Crippen molar-refractivity contribution in [2.24, 2.45) is 10.1 Å². The Morgan fingerprint density at radius 2 is 1.88 bits per heavy atom. The van der Waals surface area contributed by atoms with Gasteiger partial charge in [-0.1, -0.05) is 23.7 Å². The molecule has 3 nitrogen and oxygen atoms in total. The molecular formula is C12H11Cl2N3. The van der Waals surface area contributed by atoms with Crippen LogP contribution in [-0.4, -0.2) is 29.6 Å². The number of hydrogen-bond acceptors (Lipinski definition) is 3. The van der Waals surface area contributed by atoms with Gasteiger partial charge in [0.15, 0.2) is 0 Å². The zero-order chi connectivity index (χ0) is 11.0. The van der Waals surface area contributed by atoms with E-state index in [1.54, 1.807) is 0 Å². The molecule has 0 radical (unpaired) electrons. The van der Waals surface area contributed by atoms with E-state index in [2.05, 4.69) is 10.1 Å². The molecule has 0 unspecified atom stereocenters. The number of aliphatic imine (C=N–C) groups is 1. The lowest BCUT2D eigenvalue weighted by molar-refractivity contribution is 0.490. The molecule has 88 valence electrons. The van der Waals surface area contributed by atoms with Crippen LogP contribution in [0, 0.1) is 0 Å². The summed E-state index contributed by atoms with van der Waals surface area (Å²) in [7, 11) is 0. The second-order valence-electron chi connectivity index (χ2n) is 3.69. The molecule has 0 fully saturated rings. The Kier molecular flexibility index (Phi) is 3.50. The fourth-order valence-electron chi connectivity index (χ4n) is 1.79. The molecule has 0 spiro atoms. The van der Waals surface area contributed by atoms with Crippen LogP contribution >= 0.6 is 24.0 Å². The minimum atomic E-state index is 0. The van der Waals surface area contributed by atoms with Crippen LogP contribution in [0.3, 0.4) is 0 Å². The molecule has 0 amide bonds. The number of benzene rings is 1. The van der Waals surface area contributed by atoms with E-state index in [1.807, 2.05) is 41.4 Å². The molecule has 0 saturated carbocycles. The molecule has 0 saturated heterocycles. The zero-order valence-corrected chi connectivity index (χ0v) is 10.6. The van der Waals surface area contributed by atoms with Crippen molar-refractivity contribution >= 4 is 35.6 Å². The maximum absolute atomic E-state index is 5.85. The molecule has 5 heteroatoms. The molecule has 0 aliphatic carbocycles. The normalized spacial score (nSPS) is 17.1. The molecule has 17 heavy (non-hydrogen) atoms. The van der Waals surface area contributed by atoms with Gasteiger partial charge in [-0.2, -0.15) is 5.10 Å². The van der Waals surface area contributed by atoms with Crippen LogP contribution in [0.1, 0.15) is 5.56 Å². The Morgan fingerprint density at radius 3 is 2.65 bits per heavy atom. The van der Waals surface area contributed by atoms with Crippen LogP contribution in [-0.2, 0) is 0 Å². The second-order valence-corrected chi connectivity index (χ2v) is 4.12. The van der Waals surface area contributed by atoms with Crippen molar-refractivity contribution in [3.05, 3.63) is 47.0 Å². The maximum Gasteiger partial charge on any atom is 0.144 e. The number of amidine groups is 1. The van der Waals surface area contributed by atoms with Crippen LogP contribution in [0.15, 0.2) is 46.5 Å². The number of allylic oxidation sites excluding steroid dienone is 1. The van der Waals surface area contributed by atoms with Gasteiger partial charge in [0.25, 0.3) is 0 Å². The number of rotatable bonds is 1. The fraction of sp³-hybridized carbons (Fsp3) is 0.167. The lowest BCUT2D eigenvalue weighted by atomic mass is 10.1. The predicted octanol–water partition coefficient (Wildman–Crippen LogP) is 2.75. The van der Waals surface area contributed by atoms with Crippen molar-refractivity contribution in [3.63, 3.8) is 0 Å². The molecule has 0 aromatic heterocycles. The first kappa shape index (κ1) is 12.1. The van der Waals surface area contributed by atoms with Gasteiger partial charge >= 0.3 is 0 Å². The number of hydrogen-bond donors (Lipinski definition) is 0. The summed E-state index contributed by atoms with van der Waals surface area (Å²) in [5.41, 5.74) is 2.03. The molecule has 0 bridgehead atoms. The van der Waals surface area contributed by atoms with Crippen LogP contribution in [0.4, 0.5) is 0 Å². The van der Waals surface area contributed by atoms with Gasteiger partial charge in [-0.15, -0.1) is 12.4 Å². The Labute approximate surface area is 111 Å². The number of fused-ring (bicyclic) bond motifs is 1. The summed E-state index contributed by atoms with van der Waals surface area (Å²) < 4.78 is 0. The van der Waals surface area contributed by atoms with Crippen molar-refractivity contribution in [1.29, 1.82) is 0 Å². The molecule has 0 N–H and O–H groups in total. The average Bonchev–Trinajstić information content (AvgIpc) is 2.77. The van der Waals surface area contributed by atoms with Crippen LogP contribution in [0.5, 0.6) is 0 Å². The number of hydrazone groups is 1. The van der Waals surface area contributed by atoms with Gasteiger partial charge in [-0.05, 0) is 24.3 Å². The topological polar surface area (TPSA) is 28.0 Å².